The minimum absolute atomic E-state index is 0. The lowest BCUT2D eigenvalue weighted by atomic mass is 10.1. The molecular formula is C21H31IN4S. The number of rotatable bonds is 7. The van der Waals surface area contributed by atoms with E-state index in [2.05, 4.69) is 90.3 Å². The van der Waals surface area contributed by atoms with Crippen LogP contribution in [-0.4, -0.2) is 38.3 Å². The maximum Gasteiger partial charge on any atom is 0.191 e. The number of benzene rings is 2. The number of hydrogen-bond donors (Lipinski definition) is 2. The standard InChI is InChI=1S/C21H30N4S.HI/c1-16-6-11-19(20(12-16)26-5)14-24-21(22-2)23-13-17-7-9-18(10-8-17)15-25(3)4;/h6-12H,13-15H2,1-5H3,(H2,22,23,24);1H. The molecular weight excluding hydrogens is 467 g/mol. The molecule has 0 bridgehead atoms. The Hall–Kier alpha value is -1.25. The summed E-state index contributed by atoms with van der Waals surface area (Å²) in [5.74, 6) is 0.815. The molecule has 0 amide bonds. The van der Waals surface area contributed by atoms with Gasteiger partial charge in [-0.3, -0.25) is 4.99 Å². The van der Waals surface area contributed by atoms with E-state index in [1.807, 2.05) is 0 Å². The van der Waals surface area contributed by atoms with Crippen molar-refractivity contribution >= 4 is 41.7 Å². The van der Waals surface area contributed by atoms with Crippen LogP contribution >= 0.6 is 35.7 Å². The molecule has 2 rings (SSSR count). The number of aliphatic imine (C=N–C) groups is 1. The van der Waals surface area contributed by atoms with E-state index in [0.717, 1.165) is 25.6 Å². The largest absolute Gasteiger partial charge is 0.352 e. The first-order chi connectivity index (χ1) is 12.5. The molecule has 0 radical (unpaired) electrons. The van der Waals surface area contributed by atoms with E-state index in [0.29, 0.717) is 0 Å². The van der Waals surface area contributed by atoms with Gasteiger partial charge < -0.3 is 15.5 Å². The van der Waals surface area contributed by atoms with E-state index in [1.165, 1.54) is 27.1 Å². The van der Waals surface area contributed by atoms with Crippen LogP contribution in [0, 0.1) is 6.92 Å². The third kappa shape index (κ3) is 8.11. The summed E-state index contributed by atoms with van der Waals surface area (Å²) < 4.78 is 0. The van der Waals surface area contributed by atoms with Gasteiger partial charge in [0.2, 0.25) is 0 Å². The molecule has 0 saturated carbocycles. The van der Waals surface area contributed by atoms with E-state index in [9.17, 15) is 0 Å². The zero-order valence-corrected chi connectivity index (χ0v) is 20.0. The van der Waals surface area contributed by atoms with Gasteiger partial charge in [-0.05, 0) is 55.6 Å². The van der Waals surface area contributed by atoms with Gasteiger partial charge >= 0.3 is 0 Å². The second kappa shape index (κ2) is 12.3. The maximum absolute atomic E-state index is 4.33. The summed E-state index contributed by atoms with van der Waals surface area (Å²) in [5, 5.41) is 6.79. The monoisotopic (exact) mass is 498 g/mol. The summed E-state index contributed by atoms with van der Waals surface area (Å²) in [6.45, 7) is 4.61. The van der Waals surface area contributed by atoms with Crippen molar-refractivity contribution in [3.8, 4) is 0 Å². The third-order valence-corrected chi connectivity index (χ3v) is 4.91. The minimum Gasteiger partial charge on any atom is -0.352 e. The number of hydrogen-bond acceptors (Lipinski definition) is 3. The lowest BCUT2D eigenvalue weighted by molar-refractivity contribution is 0.402. The third-order valence-electron chi connectivity index (χ3n) is 4.09. The molecule has 0 aliphatic rings. The van der Waals surface area contributed by atoms with Crippen molar-refractivity contribution in [2.75, 3.05) is 27.4 Å². The molecule has 2 aromatic carbocycles. The summed E-state index contributed by atoms with van der Waals surface area (Å²) in [5.41, 5.74) is 5.15. The quantitative estimate of drug-likeness (QED) is 0.259. The van der Waals surface area contributed by atoms with E-state index in [1.54, 1.807) is 18.8 Å². The van der Waals surface area contributed by atoms with Crippen molar-refractivity contribution in [3.05, 3.63) is 64.7 Å². The van der Waals surface area contributed by atoms with Crippen LogP contribution < -0.4 is 10.6 Å². The van der Waals surface area contributed by atoms with Gasteiger partial charge in [0.1, 0.15) is 0 Å². The Morgan fingerprint density at radius 3 is 2.22 bits per heavy atom. The lowest BCUT2D eigenvalue weighted by Gasteiger charge is -2.14. The summed E-state index contributed by atoms with van der Waals surface area (Å²) in [7, 11) is 5.98. The molecule has 0 fully saturated rings. The molecule has 27 heavy (non-hydrogen) atoms. The predicted octanol–water partition coefficient (Wildman–Crippen LogP) is 4.26. The first kappa shape index (κ1) is 23.8. The molecule has 0 saturated heterocycles. The fourth-order valence-electron chi connectivity index (χ4n) is 2.71. The van der Waals surface area contributed by atoms with Crippen molar-refractivity contribution in [2.24, 2.45) is 4.99 Å². The number of halogens is 1. The molecule has 0 spiro atoms. The molecule has 0 aromatic heterocycles. The molecule has 0 atom stereocenters. The fraction of sp³-hybridized carbons (Fsp3) is 0.381. The molecule has 4 nitrogen and oxygen atoms in total. The smallest absolute Gasteiger partial charge is 0.191 e. The molecule has 0 unspecified atom stereocenters. The maximum atomic E-state index is 4.33. The Balaban J connectivity index is 0.00000364. The zero-order valence-electron chi connectivity index (χ0n) is 16.9. The topological polar surface area (TPSA) is 39.7 Å². The van der Waals surface area contributed by atoms with Crippen LogP contribution in [0.3, 0.4) is 0 Å². The highest BCUT2D eigenvalue weighted by Crippen LogP contribution is 2.21. The molecule has 2 N–H and O–H groups in total. The van der Waals surface area contributed by atoms with Gasteiger partial charge in [-0.15, -0.1) is 35.7 Å². The van der Waals surface area contributed by atoms with E-state index < -0.39 is 0 Å². The summed E-state index contributed by atoms with van der Waals surface area (Å²) in [4.78, 5) is 7.81. The van der Waals surface area contributed by atoms with E-state index in [-0.39, 0.29) is 24.0 Å². The molecule has 148 valence electrons. The van der Waals surface area contributed by atoms with E-state index >= 15 is 0 Å². The average Bonchev–Trinajstić information content (AvgIpc) is 2.63. The number of thioether (sulfide) groups is 1. The molecule has 0 aliphatic carbocycles. The van der Waals surface area contributed by atoms with Gasteiger partial charge in [0, 0.05) is 31.6 Å². The van der Waals surface area contributed by atoms with Crippen molar-refractivity contribution in [2.45, 2.75) is 31.5 Å². The summed E-state index contributed by atoms with van der Waals surface area (Å²) in [6, 6.07) is 15.3. The number of nitrogens with one attached hydrogen (secondary N) is 2. The van der Waals surface area contributed by atoms with E-state index in [4.69, 9.17) is 0 Å². The van der Waals surface area contributed by atoms with Crippen LogP contribution in [0.1, 0.15) is 22.3 Å². The Bertz CT molecular complexity index is 729. The van der Waals surface area contributed by atoms with Gasteiger partial charge in [-0.1, -0.05) is 36.4 Å². The van der Waals surface area contributed by atoms with Gasteiger partial charge in [0.15, 0.2) is 5.96 Å². The molecule has 0 heterocycles. The van der Waals surface area contributed by atoms with Crippen LogP contribution in [0.5, 0.6) is 0 Å². The Morgan fingerprint density at radius 1 is 1.00 bits per heavy atom. The summed E-state index contributed by atoms with van der Waals surface area (Å²) >= 11 is 1.78. The highest BCUT2D eigenvalue weighted by atomic mass is 127. The first-order valence-electron chi connectivity index (χ1n) is 8.82. The lowest BCUT2D eigenvalue weighted by Crippen LogP contribution is -2.36. The van der Waals surface area contributed by atoms with Crippen LogP contribution in [0.4, 0.5) is 0 Å². The zero-order chi connectivity index (χ0) is 18.9. The van der Waals surface area contributed by atoms with Gasteiger partial charge in [-0.25, -0.2) is 0 Å². The highest BCUT2D eigenvalue weighted by molar-refractivity contribution is 14.0. The predicted molar refractivity (Wildman–Crippen MR) is 129 cm³/mol. The molecule has 2 aromatic rings. The van der Waals surface area contributed by atoms with Crippen LogP contribution in [-0.2, 0) is 19.6 Å². The van der Waals surface area contributed by atoms with Gasteiger partial charge in [-0.2, -0.15) is 0 Å². The second-order valence-electron chi connectivity index (χ2n) is 6.65. The fourth-order valence-corrected chi connectivity index (χ4v) is 3.42. The molecule has 0 aliphatic heterocycles. The second-order valence-corrected chi connectivity index (χ2v) is 7.50. The van der Waals surface area contributed by atoms with Crippen molar-refractivity contribution < 1.29 is 0 Å². The van der Waals surface area contributed by atoms with Gasteiger partial charge in [0.05, 0.1) is 0 Å². The van der Waals surface area contributed by atoms with Crippen LogP contribution in [0.2, 0.25) is 0 Å². The normalized spacial score (nSPS) is 11.3. The van der Waals surface area contributed by atoms with Crippen molar-refractivity contribution in [1.82, 2.24) is 15.5 Å². The first-order valence-corrected chi connectivity index (χ1v) is 10.0. The Labute approximate surface area is 185 Å². The average molecular weight is 498 g/mol. The number of nitrogens with zero attached hydrogens (tertiary/aromatic N) is 2. The SMILES string of the molecule is CN=C(NCc1ccc(CN(C)C)cc1)NCc1ccc(C)cc1SC.I. The van der Waals surface area contributed by atoms with Crippen LogP contribution in [0.15, 0.2) is 52.4 Å². The number of aryl methyl sites for hydroxylation is 1. The Kier molecular flexibility index (Phi) is 10.8. The minimum atomic E-state index is 0. The number of guanidine groups is 1. The van der Waals surface area contributed by atoms with Gasteiger partial charge in [0.25, 0.3) is 0 Å². The Morgan fingerprint density at radius 2 is 1.63 bits per heavy atom. The summed E-state index contributed by atoms with van der Waals surface area (Å²) in [6.07, 6.45) is 2.12. The van der Waals surface area contributed by atoms with Crippen molar-refractivity contribution in [3.63, 3.8) is 0 Å². The van der Waals surface area contributed by atoms with Crippen molar-refractivity contribution in [1.29, 1.82) is 0 Å². The molecule has 6 heteroatoms. The van der Waals surface area contributed by atoms with Crippen LogP contribution in [0.25, 0.3) is 0 Å². The highest BCUT2D eigenvalue weighted by Gasteiger charge is 2.04.